The van der Waals surface area contributed by atoms with Gasteiger partial charge >= 0.3 is 0 Å². The molecule has 144 valence electrons. The van der Waals surface area contributed by atoms with Gasteiger partial charge in [0.1, 0.15) is 11.3 Å². The molecule has 1 heterocycles. The van der Waals surface area contributed by atoms with Crippen LogP contribution in [0.25, 0.3) is 0 Å². The van der Waals surface area contributed by atoms with E-state index in [2.05, 4.69) is 4.72 Å². The van der Waals surface area contributed by atoms with Crippen molar-refractivity contribution in [2.75, 3.05) is 13.2 Å². The first-order valence-corrected chi connectivity index (χ1v) is 9.43. The Balaban J connectivity index is 1.79. The van der Waals surface area contributed by atoms with Crippen molar-refractivity contribution in [1.29, 1.82) is 0 Å². The molecule has 0 bridgehead atoms. The minimum absolute atomic E-state index is 0.00732. The molecule has 2 aromatic carbocycles. The molecule has 0 aliphatic carbocycles. The molecule has 0 radical (unpaired) electrons. The van der Waals surface area contributed by atoms with E-state index in [0.29, 0.717) is 0 Å². The molecule has 1 aliphatic heterocycles. The number of hydrogen-bond acceptors (Lipinski definition) is 6. The second-order valence-electron chi connectivity index (χ2n) is 5.94. The Morgan fingerprint density at radius 1 is 1.19 bits per heavy atom. The van der Waals surface area contributed by atoms with Crippen molar-refractivity contribution >= 4 is 15.9 Å². The summed E-state index contributed by atoms with van der Waals surface area (Å²) in [6, 6.07) is 11.1. The second kappa shape index (κ2) is 7.61. The van der Waals surface area contributed by atoms with Gasteiger partial charge in [-0.05, 0) is 36.4 Å². The Morgan fingerprint density at radius 2 is 1.89 bits per heavy atom. The van der Waals surface area contributed by atoms with Crippen LogP contribution in [0, 0.1) is 5.82 Å². The van der Waals surface area contributed by atoms with Gasteiger partial charge in [-0.1, -0.05) is 12.1 Å². The predicted octanol–water partition coefficient (Wildman–Crippen LogP) is 1.56. The van der Waals surface area contributed by atoms with Gasteiger partial charge < -0.3 is 9.47 Å². The minimum Gasteiger partial charge on any atom is -0.454 e. The van der Waals surface area contributed by atoms with Gasteiger partial charge in [0.05, 0.1) is 11.5 Å². The molecule has 1 fully saturated rings. The second-order valence-corrected chi connectivity index (χ2v) is 7.62. The lowest BCUT2D eigenvalue weighted by molar-refractivity contribution is -0.135. The minimum atomic E-state index is -4.09. The van der Waals surface area contributed by atoms with Crippen molar-refractivity contribution in [2.45, 2.75) is 16.9 Å². The smallest absolute Gasteiger partial charge is 0.267 e. The highest BCUT2D eigenvalue weighted by molar-refractivity contribution is 7.89. The first-order valence-electron chi connectivity index (χ1n) is 7.95. The summed E-state index contributed by atoms with van der Waals surface area (Å²) in [6.45, 7) is -0.0293. The number of rotatable bonds is 6. The van der Waals surface area contributed by atoms with Gasteiger partial charge in [0.25, 0.3) is 5.91 Å². The molecule has 0 aromatic heterocycles. The molecule has 10 heteroatoms. The van der Waals surface area contributed by atoms with Gasteiger partial charge in [-0.25, -0.2) is 18.3 Å². The summed E-state index contributed by atoms with van der Waals surface area (Å²) in [4.78, 5) is 11.8. The molecule has 1 unspecified atom stereocenters. The first-order chi connectivity index (χ1) is 12.9. The van der Waals surface area contributed by atoms with E-state index in [1.165, 1.54) is 47.9 Å². The maximum Gasteiger partial charge on any atom is 0.267 e. The average Bonchev–Trinajstić information content (AvgIpc) is 3.12. The van der Waals surface area contributed by atoms with E-state index >= 15 is 0 Å². The maximum atomic E-state index is 13.6. The Kier molecular flexibility index (Phi) is 5.42. The van der Waals surface area contributed by atoms with Crippen molar-refractivity contribution < 1.29 is 32.3 Å². The molecular weight excluding hydrogens is 379 g/mol. The zero-order valence-electron chi connectivity index (χ0n) is 14.0. The van der Waals surface area contributed by atoms with E-state index in [-0.39, 0.29) is 36.0 Å². The summed E-state index contributed by atoms with van der Waals surface area (Å²) < 4.78 is 51.6. The predicted molar refractivity (Wildman–Crippen MR) is 91.3 cm³/mol. The molecule has 8 nitrogen and oxygen atoms in total. The topological polar surface area (TPSA) is 114 Å². The largest absolute Gasteiger partial charge is 0.454 e. The number of nitrogens with one attached hydrogen (secondary N) is 2. The Labute approximate surface area is 154 Å². The number of halogens is 1. The fourth-order valence-electron chi connectivity index (χ4n) is 2.64. The van der Waals surface area contributed by atoms with Gasteiger partial charge in [-0.2, -0.15) is 4.72 Å². The third-order valence-electron chi connectivity index (χ3n) is 4.09. The fraction of sp³-hybridized carbons (Fsp3) is 0.235. The van der Waals surface area contributed by atoms with Crippen molar-refractivity contribution in [3.8, 4) is 11.5 Å². The molecule has 0 spiro atoms. The third-order valence-corrected chi connectivity index (χ3v) is 5.64. The quantitative estimate of drug-likeness (QED) is 0.504. The molecule has 1 aliphatic rings. The van der Waals surface area contributed by atoms with Crippen LogP contribution in [0.3, 0.4) is 0 Å². The number of para-hydroxylation sites is 1. The number of carbonyl (C=O) groups is 1. The lowest BCUT2D eigenvalue weighted by atomic mass is 10.00. The number of ether oxygens (including phenoxy) is 2. The van der Waals surface area contributed by atoms with Gasteiger partial charge in [-0.15, -0.1) is 0 Å². The molecular formula is C17H17FN2O6S. The standard InChI is InChI=1S/C17H17FN2O6S/c18-14-3-1-2-4-15(14)26-12-5-7-13(8-6-12)27(23,24)20-17(16(21)19-22)9-10-25-11-17/h1-8,20,22H,9-11H2,(H,19,21). The lowest BCUT2D eigenvalue weighted by Gasteiger charge is -2.25. The van der Waals surface area contributed by atoms with E-state index in [9.17, 15) is 17.6 Å². The average molecular weight is 396 g/mol. The van der Waals surface area contributed by atoms with Crippen molar-refractivity contribution in [1.82, 2.24) is 10.2 Å². The van der Waals surface area contributed by atoms with Crippen LogP contribution in [0.1, 0.15) is 6.42 Å². The highest BCUT2D eigenvalue weighted by atomic mass is 32.2. The van der Waals surface area contributed by atoms with Crippen molar-refractivity contribution in [2.24, 2.45) is 0 Å². The number of hydroxylamine groups is 1. The van der Waals surface area contributed by atoms with Crippen molar-refractivity contribution in [3.05, 3.63) is 54.3 Å². The van der Waals surface area contributed by atoms with E-state index in [1.807, 2.05) is 0 Å². The normalized spacial score (nSPS) is 19.6. The highest BCUT2D eigenvalue weighted by Crippen LogP contribution is 2.26. The molecule has 3 N–H and O–H groups in total. The lowest BCUT2D eigenvalue weighted by Crippen LogP contribution is -2.58. The Morgan fingerprint density at radius 3 is 2.48 bits per heavy atom. The fourth-order valence-corrected chi connectivity index (χ4v) is 4.02. The first kappa shape index (κ1) is 19.2. The number of benzene rings is 2. The van der Waals surface area contributed by atoms with E-state index in [4.69, 9.17) is 14.7 Å². The van der Waals surface area contributed by atoms with E-state index in [0.717, 1.165) is 0 Å². The molecule has 0 saturated carbocycles. The van der Waals surface area contributed by atoms with Crippen LogP contribution in [-0.4, -0.2) is 38.3 Å². The maximum absolute atomic E-state index is 13.6. The summed E-state index contributed by atoms with van der Waals surface area (Å²) in [5.74, 6) is -1.20. The van der Waals surface area contributed by atoms with Gasteiger partial charge in [0.2, 0.25) is 10.0 Å². The summed E-state index contributed by atoms with van der Waals surface area (Å²) in [6.07, 6.45) is 0.0765. The van der Waals surface area contributed by atoms with Crippen LogP contribution in [0.2, 0.25) is 0 Å². The molecule has 1 saturated heterocycles. The SMILES string of the molecule is O=C(NO)C1(NS(=O)(=O)c2ccc(Oc3ccccc3F)cc2)CCOC1. The Bertz CT molecular complexity index is 927. The summed E-state index contributed by atoms with van der Waals surface area (Å²) in [7, 11) is -4.09. The number of hydrogen-bond donors (Lipinski definition) is 3. The van der Waals surface area contributed by atoms with Crippen LogP contribution in [0.4, 0.5) is 4.39 Å². The zero-order valence-corrected chi connectivity index (χ0v) is 14.8. The summed E-state index contributed by atoms with van der Waals surface area (Å²) >= 11 is 0. The Hall–Kier alpha value is -2.53. The van der Waals surface area contributed by atoms with Crippen molar-refractivity contribution in [3.63, 3.8) is 0 Å². The summed E-state index contributed by atoms with van der Waals surface area (Å²) in [5.41, 5.74) is -0.125. The van der Waals surface area contributed by atoms with Crippen LogP contribution in [0.15, 0.2) is 53.4 Å². The van der Waals surface area contributed by atoms with Crippen LogP contribution in [-0.2, 0) is 19.6 Å². The van der Waals surface area contributed by atoms with Crippen LogP contribution in [0.5, 0.6) is 11.5 Å². The van der Waals surface area contributed by atoms with Gasteiger partial charge in [-0.3, -0.25) is 10.0 Å². The molecule has 2 aromatic rings. The molecule has 1 atom stereocenters. The molecule has 3 rings (SSSR count). The van der Waals surface area contributed by atoms with E-state index in [1.54, 1.807) is 6.07 Å². The van der Waals surface area contributed by atoms with Crippen LogP contribution >= 0.6 is 0 Å². The summed E-state index contributed by atoms with van der Waals surface area (Å²) in [5, 5.41) is 8.89. The van der Waals surface area contributed by atoms with Gasteiger partial charge in [0.15, 0.2) is 11.6 Å². The van der Waals surface area contributed by atoms with Crippen LogP contribution < -0.4 is 14.9 Å². The third kappa shape index (κ3) is 4.08. The van der Waals surface area contributed by atoms with E-state index < -0.39 is 27.3 Å². The molecule has 1 amide bonds. The highest BCUT2D eigenvalue weighted by Gasteiger charge is 2.45. The number of sulfonamides is 1. The number of carbonyl (C=O) groups excluding carboxylic acids is 1. The zero-order chi connectivity index (χ0) is 19.5. The monoisotopic (exact) mass is 396 g/mol. The molecule has 27 heavy (non-hydrogen) atoms. The van der Waals surface area contributed by atoms with Gasteiger partial charge in [0, 0.05) is 13.0 Å². The number of amides is 1.